The number of hydrogen-bond acceptors (Lipinski definition) is 6. The van der Waals surface area contributed by atoms with Crippen LogP contribution < -0.4 is 4.74 Å². The second-order valence-corrected chi connectivity index (χ2v) is 10.3. The smallest absolute Gasteiger partial charge is 0.236 e. The van der Waals surface area contributed by atoms with Crippen molar-refractivity contribution in [3.63, 3.8) is 0 Å². The summed E-state index contributed by atoms with van der Waals surface area (Å²) in [7, 11) is 0. The molecule has 2 aliphatic heterocycles. The van der Waals surface area contributed by atoms with Gasteiger partial charge >= 0.3 is 0 Å². The number of amides is 2. The lowest BCUT2D eigenvalue weighted by Gasteiger charge is -2.33. The van der Waals surface area contributed by atoms with E-state index >= 15 is 0 Å². The Balaban J connectivity index is 1.49. The summed E-state index contributed by atoms with van der Waals surface area (Å²) in [5.74, 6) is 0.0787. The van der Waals surface area contributed by atoms with E-state index in [2.05, 4.69) is 4.98 Å². The predicted molar refractivity (Wildman–Crippen MR) is 138 cm³/mol. The zero-order chi connectivity index (χ0) is 26.5. The highest BCUT2D eigenvalue weighted by Gasteiger charge is 2.42. The summed E-state index contributed by atoms with van der Waals surface area (Å²) in [6, 6.07) is 12.8. The Kier molecular flexibility index (Phi) is 8.53. The van der Waals surface area contributed by atoms with Gasteiger partial charge in [0.25, 0.3) is 0 Å². The fourth-order valence-corrected chi connectivity index (χ4v) is 5.49. The van der Waals surface area contributed by atoms with Crippen LogP contribution in [0, 0.1) is 34.5 Å². The molecule has 0 aliphatic carbocycles. The maximum absolute atomic E-state index is 13.5. The Morgan fingerprint density at radius 2 is 1.86 bits per heavy atom. The van der Waals surface area contributed by atoms with Gasteiger partial charge < -0.3 is 14.5 Å². The summed E-state index contributed by atoms with van der Waals surface area (Å²) in [5, 5.41) is 18.7. The van der Waals surface area contributed by atoms with E-state index in [9.17, 15) is 9.59 Å². The SMILES string of the molecule is C[C@H](Oc1ccc(C#N)cn1)[C@H]1CN(C(=O)C2CCN(C(=O)CC#N)CC2)C[C@@H]1c1ccc(Cl)c(Cl)c1. The van der Waals surface area contributed by atoms with Crippen LogP contribution in [0.3, 0.4) is 0 Å². The van der Waals surface area contributed by atoms with E-state index in [1.165, 1.54) is 6.20 Å². The van der Waals surface area contributed by atoms with Crippen LogP contribution in [0.25, 0.3) is 0 Å². The number of carbonyl (C=O) groups is 2. The van der Waals surface area contributed by atoms with Crippen molar-refractivity contribution in [2.24, 2.45) is 11.8 Å². The van der Waals surface area contributed by atoms with Crippen LogP contribution in [0.5, 0.6) is 5.88 Å². The highest BCUT2D eigenvalue weighted by molar-refractivity contribution is 6.42. The number of pyridine rings is 1. The molecule has 2 saturated heterocycles. The average Bonchev–Trinajstić information content (AvgIpc) is 3.36. The van der Waals surface area contributed by atoms with Gasteiger partial charge in [-0.25, -0.2) is 4.98 Å². The topological polar surface area (TPSA) is 110 Å². The minimum atomic E-state index is -0.275. The van der Waals surface area contributed by atoms with Crippen molar-refractivity contribution in [2.75, 3.05) is 26.2 Å². The molecule has 2 fully saturated rings. The van der Waals surface area contributed by atoms with Crippen LogP contribution in [0.15, 0.2) is 36.5 Å². The van der Waals surface area contributed by atoms with Crippen molar-refractivity contribution in [1.82, 2.24) is 14.8 Å². The molecule has 2 aromatic rings. The lowest BCUT2D eigenvalue weighted by atomic mass is 9.86. The molecule has 1 aromatic carbocycles. The van der Waals surface area contributed by atoms with Gasteiger partial charge in [-0.15, -0.1) is 0 Å². The zero-order valence-electron chi connectivity index (χ0n) is 20.4. The summed E-state index contributed by atoms with van der Waals surface area (Å²) < 4.78 is 6.15. The number of likely N-dealkylation sites (tertiary alicyclic amines) is 2. The van der Waals surface area contributed by atoms with Crippen LogP contribution in [-0.4, -0.2) is 58.9 Å². The molecule has 0 bridgehead atoms. The molecule has 2 aliphatic rings. The average molecular weight is 540 g/mol. The van der Waals surface area contributed by atoms with E-state index in [-0.39, 0.29) is 42.1 Å². The highest BCUT2D eigenvalue weighted by atomic mass is 35.5. The number of hydrogen-bond donors (Lipinski definition) is 0. The van der Waals surface area contributed by atoms with Crippen molar-refractivity contribution in [2.45, 2.75) is 38.2 Å². The minimum Gasteiger partial charge on any atom is -0.474 e. The third-order valence-corrected chi connectivity index (χ3v) is 7.99. The van der Waals surface area contributed by atoms with Gasteiger partial charge in [-0.1, -0.05) is 29.3 Å². The maximum Gasteiger partial charge on any atom is 0.236 e. The van der Waals surface area contributed by atoms with Crippen LogP contribution in [-0.2, 0) is 9.59 Å². The predicted octanol–water partition coefficient (Wildman–Crippen LogP) is 4.42. The molecular formula is C27H27Cl2N5O3. The summed E-state index contributed by atoms with van der Waals surface area (Å²) in [6.07, 6.45) is 2.22. The number of ether oxygens (including phenoxy) is 1. The van der Waals surface area contributed by atoms with E-state index in [1.807, 2.05) is 36.1 Å². The van der Waals surface area contributed by atoms with E-state index in [0.29, 0.717) is 60.5 Å². The van der Waals surface area contributed by atoms with Gasteiger partial charge in [0.1, 0.15) is 18.6 Å². The van der Waals surface area contributed by atoms with Gasteiger partial charge in [-0.3, -0.25) is 9.59 Å². The number of nitrogens with zero attached hydrogens (tertiary/aromatic N) is 5. The van der Waals surface area contributed by atoms with E-state index in [0.717, 1.165) is 5.56 Å². The third-order valence-electron chi connectivity index (χ3n) is 7.25. The summed E-state index contributed by atoms with van der Waals surface area (Å²) in [4.78, 5) is 33.4. The second-order valence-electron chi connectivity index (χ2n) is 9.50. The van der Waals surface area contributed by atoms with Crippen molar-refractivity contribution >= 4 is 35.0 Å². The summed E-state index contributed by atoms with van der Waals surface area (Å²) >= 11 is 12.5. The molecular weight excluding hydrogens is 513 g/mol. The van der Waals surface area contributed by atoms with Crippen molar-refractivity contribution in [1.29, 1.82) is 10.5 Å². The molecule has 2 amide bonds. The van der Waals surface area contributed by atoms with Crippen molar-refractivity contribution < 1.29 is 14.3 Å². The Bertz CT molecular complexity index is 1230. The molecule has 4 rings (SSSR count). The molecule has 0 saturated carbocycles. The molecule has 0 spiro atoms. The van der Waals surface area contributed by atoms with E-state index in [1.54, 1.807) is 23.1 Å². The van der Waals surface area contributed by atoms with Crippen LogP contribution in [0.2, 0.25) is 10.0 Å². The van der Waals surface area contributed by atoms with E-state index in [4.69, 9.17) is 38.5 Å². The van der Waals surface area contributed by atoms with Gasteiger partial charge in [0, 0.05) is 56.2 Å². The number of rotatable bonds is 6. The van der Waals surface area contributed by atoms with Crippen LogP contribution >= 0.6 is 23.2 Å². The Morgan fingerprint density at radius 3 is 2.49 bits per heavy atom. The molecule has 3 atom stereocenters. The molecule has 8 nitrogen and oxygen atoms in total. The molecule has 0 N–H and O–H groups in total. The van der Waals surface area contributed by atoms with Crippen LogP contribution in [0.4, 0.5) is 0 Å². The Hall–Kier alpha value is -3.33. The molecule has 0 radical (unpaired) electrons. The van der Waals surface area contributed by atoms with Crippen molar-refractivity contribution in [3.05, 3.63) is 57.7 Å². The first kappa shape index (κ1) is 26.7. The zero-order valence-corrected chi connectivity index (χ0v) is 22.0. The number of benzene rings is 1. The number of carbonyl (C=O) groups excluding carboxylic acids is 2. The van der Waals surface area contributed by atoms with Gasteiger partial charge in [0.15, 0.2) is 0 Å². The minimum absolute atomic E-state index is 0.0237. The largest absolute Gasteiger partial charge is 0.474 e. The third kappa shape index (κ3) is 6.15. The number of halogens is 2. The van der Waals surface area contributed by atoms with E-state index < -0.39 is 0 Å². The highest BCUT2D eigenvalue weighted by Crippen LogP contribution is 2.39. The number of aromatic nitrogens is 1. The van der Waals surface area contributed by atoms with Gasteiger partial charge in [-0.05, 0) is 43.5 Å². The lowest BCUT2D eigenvalue weighted by molar-refractivity contribution is -0.139. The first-order valence-electron chi connectivity index (χ1n) is 12.2. The van der Waals surface area contributed by atoms with Crippen LogP contribution in [0.1, 0.15) is 43.2 Å². The number of nitriles is 2. The Labute approximate surface area is 226 Å². The first-order chi connectivity index (χ1) is 17.8. The standard InChI is InChI=1S/C27H27Cl2N5O3/c1-17(37-25-5-2-18(13-31)14-32-25)21-15-34(16-22(21)20-3-4-23(28)24(29)12-20)27(36)19-7-10-33(11-8-19)26(35)6-9-30/h2-5,12,14,17,19,21-22H,6-8,10-11,15-16H2,1H3/t17-,21+,22+/m0/s1. The fourth-order valence-electron chi connectivity index (χ4n) is 5.19. The number of piperidine rings is 1. The van der Waals surface area contributed by atoms with Gasteiger partial charge in [-0.2, -0.15) is 10.5 Å². The quantitative estimate of drug-likeness (QED) is 0.537. The monoisotopic (exact) mass is 539 g/mol. The van der Waals surface area contributed by atoms with Gasteiger partial charge in [0.05, 0.1) is 21.7 Å². The molecule has 3 heterocycles. The maximum atomic E-state index is 13.5. The van der Waals surface area contributed by atoms with Crippen molar-refractivity contribution in [3.8, 4) is 18.0 Å². The molecule has 1 aromatic heterocycles. The molecule has 37 heavy (non-hydrogen) atoms. The lowest BCUT2D eigenvalue weighted by Crippen LogP contribution is -2.44. The van der Waals surface area contributed by atoms with Gasteiger partial charge in [0.2, 0.25) is 17.7 Å². The summed E-state index contributed by atoms with van der Waals surface area (Å²) in [5.41, 5.74) is 1.43. The summed E-state index contributed by atoms with van der Waals surface area (Å²) in [6.45, 7) is 3.95. The normalized spacial score (nSPS) is 20.7. The molecule has 192 valence electrons. The first-order valence-corrected chi connectivity index (χ1v) is 13.0. The fraction of sp³-hybridized carbons (Fsp3) is 0.444. The second kappa shape index (κ2) is 11.8. The molecule has 10 heteroatoms. The Morgan fingerprint density at radius 1 is 1.11 bits per heavy atom. The molecule has 0 unspecified atom stereocenters.